The van der Waals surface area contributed by atoms with Crippen LogP contribution in [0.4, 0.5) is 0 Å². The molecule has 5 heteroatoms. The monoisotopic (exact) mass is 289 g/mol. The summed E-state index contributed by atoms with van der Waals surface area (Å²) >= 11 is 1.61. The normalized spacial score (nSPS) is 10.8. The molecule has 106 valence electrons. The molecular formula is C15H19N3OS. The van der Waals surface area contributed by atoms with Gasteiger partial charge < -0.3 is 5.32 Å². The second-order valence-electron chi connectivity index (χ2n) is 5.04. The summed E-state index contributed by atoms with van der Waals surface area (Å²) in [5, 5.41) is 5.95. The number of rotatable bonds is 6. The molecule has 0 saturated carbocycles. The fraction of sp³-hybridized carbons (Fsp3) is 0.400. The van der Waals surface area contributed by atoms with Gasteiger partial charge in [0.2, 0.25) is 5.91 Å². The molecule has 1 N–H and O–H groups in total. The Bertz CT molecular complexity index is 551. The minimum Gasteiger partial charge on any atom is -0.356 e. The van der Waals surface area contributed by atoms with Crippen molar-refractivity contribution >= 4 is 17.2 Å². The molecule has 0 aromatic carbocycles. The quantitative estimate of drug-likeness (QED) is 0.889. The predicted octanol–water partition coefficient (Wildman–Crippen LogP) is 2.91. The fourth-order valence-corrected chi connectivity index (χ4v) is 2.60. The van der Waals surface area contributed by atoms with Crippen molar-refractivity contribution in [3.05, 3.63) is 34.8 Å². The molecular weight excluding hydrogens is 270 g/mol. The molecule has 0 atom stereocenters. The number of carbonyl (C=O) groups is 1. The van der Waals surface area contributed by atoms with Gasteiger partial charge in [0.15, 0.2) is 0 Å². The van der Waals surface area contributed by atoms with E-state index in [9.17, 15) is 4.79 Å². The Balaban J connectivity index is 1.83. The van der Waals surface area contributed by atoms with Gasteiger partial charge >= 0.3 is 0 Å². The number of thiazole rings is 1. The SMILES string of the molecule is CC(C)CC(=O)NCCc1nc(-c2ccccn2)cs1. The molecule has 0 fully saturated rings. The van der Waals surface area contributed by atoms with E-state index in [1.54, 1.807) is 17.5 Å². The van der Waals surface area contributed by atoms with Crippen LogP contribution in [0.5, 0.6) is 0 Å². The van der Waals surface area contributed by atoms with E-state index in [0.29, 0.717) is 18.9 Å². The Labute approximate surface area is 123 Å². The van der Waals surface area contributed by atoms with Gasteiger partial charge in [-0.15, -0.1) is 11.3 Å². The van der Waals surface area contributed by atoms with Crippen molar-refractivity contribution in [1.29, 1.82) is 0 Å². The van der Waals surface area contributed by atoms with Gasteiger partial charge in [-0.05, 0) is 18.1 Å². The number of nitrogens with one attached hydrogen (secondary N) is 1. The molecule has 2 heterocycles. The van der Waals surface area contributed by atoms with E-state index in [4.69, 9.17) is 0 Å². The summed E-state index contributed by atoms with van der Waals surface area (Å²) in [5.41, 5.74) is 1.79. The van der Waals surface area contributed by atoms with Crippen LogP contribution in [-0.2, 0) is 11.2 Å². The van der Waals surface area contributed by atoms with E-state index in [1.165, 1.54) is 0 Å². The molecule has 0 saturated heterocycles. The van der Waals surface area contributed by atoms with E-state index in [2.05, 4.69) is 15.3 Å². The van der Waals surface area contributed by atoms with Gasteiger partial charge in [-0.25, -0.2) is 4.98 Å². The van der Waals surface area contributed by atoms with Crippen molar-refractivity contribution in [3.63, 3.8) is 0 Å². The Morgan fingerprint density at radius 1 is 1.35 bits per heavy atom. The van der Waals surface area contributed by atoms with Gasteiger partial charge in [0.1, 0.15) is 0 Å². The van der Waals surface area contributed by atoms with Crippen LogP contribution in [0.2, 0.25) is 0 Å². The van der Waals surface area contributed by atoms with Gasteiger partial charge in [-0.2, -0.15) is 0 Å². The summed E-state index contributed by atoms with van der Waals surface area (Å²) in [6.45, 7) is 4.72. The Morgan fingerprint density at radius 3 is 2.90 bits per heavy atom. The van der Waals surface area contributed by atoms with Crippen molar-refractivity contribution in [2.24, 2.45) is 5.92 Å². The van der Waals surface area contributed by atoms with Crippen molar-refractivity contribution < 1.29 is 4.79 Å². The Hall–Kier alpha value is -1.75. The number of hydrogen-bond donors (Lipinski definition) is 1. The summed E-state index contributed by atoms with van der Waals surface area (Å²) in [6.07, 6.45) is 3.11. The highest BCUT2D eigenvalue weighted by atomic mass is 32.1. The molecule has 0 aliphatic heterocycles. The first-order chi connectivity index (χ1) is 9.65. The molecule has 20 heavy (non-hydrogen) atoms. The summed E-state index contributed by atoms with van der Waals surface area (Å²) in [6, 6.07) is 5.79. The van der Waals surface area contributed by atoms with Gasteiger partial charge in [-0.3, -0.25) is 9.78 Å². The van der Waals surface area contributed by atoms with Crippen molar-refractivity contribution in [2.45, 2.75) is 26.7 Å². The summed E-state index contributed by atoms with van der Waals surface area (Å²) in [4.78, 5) is 20.4. The second-order valence-corrected chi connectivity index (χ2v) is 5.98. The third-order valence-corrected chi connectivity index (χ3v) is 3.64. The summed E-state index contributed by atoms with van der Waals surface area (Å²) in [5.74, 6) is 0.507. The first kappa shape index (κ1) is 14.7. The number of aromatic nitrogens is 2. The number of amides is 1. The van der Waals surface area contributed by atoms with E-state index in [1.807, 2.05) is 37.4 Å². The van der Waals surface area contributed by atoms with Crippen molar-refractivity contribution in [3.8, 4) is 11.4 Å². The van der Waals surface area contributed by atoms with Crippen LogP contribution in [0.25, 0.3) is 11.4 Å². The topological polar surface area (TPSA) is 54.9 Å². The van der Waals surface area contributed by atoms with Crippen LogP contribution in [-0.4, -0.2) is 22.4 Å². The van der Waals surface area contributed by atoms with Gasteiger partial charge in [0.25, 0.3) is 0 Å². The smallest absolute Gasteiger partial charge is 0.220 e. The van der Waals surface area contributed by atoms with Gasteiger partial charge in [-0.1, -0.05) is 19.9 Å². The third-order valence-electron chi connectivity index (χ3n) is 2.73. The Morgan fingerprint density at radius 2 is 2.20 bits per heavy atom. The molecule has 0 aliphatic rings. The third kappa shape index (κ3) is 4.42. The zero-order valence-electron chi connectivity index (χ0n) is 11.8. The molecule has 4 nitrogen and oxygen atoms in total. The van der Waals surface area contributed by atoms with E-state index in [0.717, 1.165) is 22.8 Å². The molecule has 0 aliphatic carbocycles. The standard InChI is InChI=1S/C15H19N3OS/c1-11(2)9-14(19)17-8-6-15-18-13(10-20-15)12-5-3-4-7-16-12/h3-5,7,10-11H,6,8-9H2,1-2H3,(H,17,19). The van der Waals surface area contributed by atoms with Crippen LogP contribution in [0, 0.1) is 5.92 Å². The first-order valence-corrected chi connectivity index (χ1v) is 7.65. The predicted molar refractivity (Wildman–Crippen MR) is 81.5 cm³/mol. The van der Waals surface area contributed by atoms with Crippen molar-refractivity contribution in [1.82, 2.24) is 15.3 Å². The molecule has 2 rings (SSSR count). The minimum absolute atomic E-state index is 0.113. The lowest BCUT2D eigenvalue weighted by atomic mass is 10.1. The number of pyridine rings is 1. The second kappa shape index (κ2) is 7.14. The van der Waals surface area contributed by atoms with Crippen LogP contribution >= 0.6 is 11.3 Å². The summed E-state index contributed by atoms with van der Waals surface area (Å²) in [7, 11) is 0. The van der Waals surface area contributed by atoms with Gasteiger partial charge in [0, 0.05) is 31.0 Å². The van der Waals surface area contributed by atoms with Crippen LogP contribution in [0.3, 0.4) is 0 Å². The first-order valence-electron chi connectivity index (χ1n) is 6.77. The summed E-state index contributed by atoms with van der Waals surface area (Å²) < 4.78 is 0. The lowest BCUT2D eigenvalue weighted by molar-refractivity contribution is -0.121. The molecule has 0 radical (unpaired) electrons. The molecule has 2 aromatic rings. The molecule has 0 unspecified atom stereocenters. The zero-order chi connectivity index (χ0) is 14.4. The van der Waals surface area contributed by atoms with Crippen LogP contribution in [0.1, 0.15) is 25.3 Å². The van der Waals surface area contributed by atoms with Gasteiger partial charge in [0.05, 0.1) is 16.4 Å². The zero-order valence-corrected chi connectivity index (χ0v) is 12.6. The van der Waals surface area contributed by atoms with E-state index in [-0.39, 0.29) is 5.91 Å². The number of nitrogens with zero attached hydrogens (tertiary/aromatic N) is 2. The lowest BCUT2D eigenvalue weighted by Gasteiger charge is -2.05. The maximum Gasteiger partial charge on any atom is 0.220 e. The minimum atomic E-state index is 0.113. The highest BCUT2D eigenvalue weighted by Crippen LogP contribution is 2.19. The lowest BCUT2D eigenvalue weighted by Crippen LogP contribution is -2.26. The average Bonchev–Trinajstić information content (AvgIpc) is 2.88. The largest absolute Gasteiger partial charge is 0.356 e. The highest BCUT2D eigenvalue weighted by Gasteiger charge is 2.07. The average molecular weight is 289 g/mol. The molecule has 1 amide bonds. The maximum atomic E-state index is 11.5. The number of carbonyl (C=O) groups excluding carboxylic acids is 1. The molecule has 0 spiro atoms. The highest BCUT2D eigenvalue weighted by molar-refractivity contribution is 7.09. The van der Waals surface area contributed by atoms with E-state index >= 15 is 0 Å². The molecule has 2 aromatic heterocycles. The van der Waals surface area contributed by atoms with Crippen LogP contribution < -0.4 is 5.32 Å². The maximum absolute atomic E-state index is 11.5. The van der Waals surface area contributed by atoms with Crippen molar-refractivity contribution in [2.75, 3.05) is 6.54 Å². The van der Waals surface area contributed by atoms with Crippen LogP contribution in [0.15, 0.2) is 29.8 Å². The number of hydrogen-bond acceptors (Lipinski definition) is 4. The van der Waals surface area contributed by atoms with E-state index < -0.39 is 0 Å². The molecule has 0 bridgehead atoms. The fourth-order valence-electron chi connectivity index (χ4n) is 1.81. The Kier molecular flexibility index (Phi) is 5.24.